The molecule has 0 spiro atoms. The van der Waals surface area contributed by atoms with Crippen LogP contribution in [0.25, 0.3) is 0 Å². The maximum absolute atomic E-state index is 5.73. The van der Waals surface area contributed by atoms with Crippen molar-refractivity contribution in [3.05, 3.63) is 35.7 Å². The molecular weight excluding hydrogens is 220 g/mol. The Bertz CT molecular complexity index is 492. The molecule has 4 nitrogen and oxygen atoms in total. The van der Waals surface area contributed by atoms with Gasteiger partial charge in [0.15, 0.2) is 5.16 Å². The molecule has 0 aliphatic carbocycles. The van der Waals surface area contributed by atoms with Gasteiger partial charge in [-0.25, -0.2) is 9.67 Å². The van der Waals surface area contributed by atoms with E-state index in [1.54, 1.807) is 22.8 Å². The quantitative estimate of drug-likeness (QED) is 0.878. The molecule has 5 heteroatoms. The minimum absolute atomic E-state index is 0.544. The standard InChI is InChI=1S/C11H14N4S/c1-8-3-4-10(9(5-8)6-12)16-11-13-7-14-15(11)2/h3-5,7H,6,12H2,1-2H3. The molecule has 1 heterocycles. The van der Waals surface area contributed by atoms with E-state index in [4.69, 9.17) is 5.73 Å². The van der Waals surface area contributed by atoms with Crippen LogP contribution in [0.1, 0.15) is 11.1 Å². The van der Waals surface area contributed by atoms with Gasteiger partial charge in [-0.3, -0.25) is 0 Å². The molecular formula is C11H14N4S. The zero-order chi connectivity index (χ0) is 11.5. The van der Waals surface area contributed by atoms with Crippen molar-refractivity contribution in [2.24, 2.45) is 12.8 Å². The van der Waals surface area contributed by atoms with Gasteiger partial charge in [0.05, 0.1) is 0 Å². The lowest BCUT2D eigenvalue weighted by atomic mass is 10.1. The van der Waals surface area contributed by atoms with Crippen LogP contribution < -0.4 is 5.73 Å². The van der Waals surface area contributed by atoms with Crippen LogP contribution in [0.2, 0.25) is 0 Å². The Morgan fingerprint density at radius 1 is 1.44 bits per heavy atom. The average molecular weight is 234 g/mol. The van der Waals surface area contributed by atoms with Crippen LogP contribution in [0, 0.1) is 6.92 Å². The average Bonchev–Trinajstić information content (AvgIpc) is 2.67. The number of rotatable bonds is 3. The van der Waals surface area contributed by atoms with Gasteiger partial charge in [0, 0.05) is 18.5 Å². The Kier molecular flexibility index (Phi) is 3.26. The fourth-order valence-corrected chi connectivity index (χ4v) is 2.33. The van der Waals surface area contributed by atoms with Crippen LogP contribution >= 0.6 is 11.8 Å². The summed E-state index contributed by atoms with van der Waals surface area (Å²) in [5, 5.41) is 4.91. The monoisotopic (exact) mass is 234 g/mol. The highest BCUT2D eigenvalue weighted by Crippen LogP contribution is 2.28. The van der Waals surface area contributed by atoms with Crippen LogP contribution in [0.5, 0.6) is 0 Å². The summed E-state index contributed by atoms with van der Waals surface area (Å²) in [6.45, 7) is 2.61. The van der Waals surface area contributed by atoms with Crippen molar-refractivity contribution < 1.29 is 0 Å². The van der Waals surface area contributed by atoms with Gasteiger partial charge in [-0.05, 0) is 30.3 Å². The fourth-order valence-electron chi connectivity index (χ4n) is 1.44. The van der Waals surface area contributed by atoms with Crippen molar-refractivity contribution in [2.45, 2.75) is 23.5 Å². The molecule has 0 radical (unpaired) electrons. The van der Waals surface area contributed by atoms with E-state index >= 15 is 0 Å². The van der Waals surface area contributed by atoms with E-state index in [9.17, 15) is 0 Å². The molecule has 1 aromatic heterocycles. The summed E-state index contributed by atoms with van der Waals surface area (Å²) in [4.78, 5) is 5.33. The summed E-state index contributed by atoms with van der Waals surface area (Å²) < 4.78 is 1.75. The summed E-state index contributed by atoms with van der Waals surface area (Å²) in [7, 11) is 1.88. The second-order valence-electron chi connectivity index (χ2n) is 3.58. The Morgan fingerprint density at radius 2 is 2.25 bits per heavy atom. The van der Waals surface area contributed by atoms with Gasteiger partial charge in [0.2, 0.25) is 0 Å². The second-order valence-corrected chi connectivity index (χ2v) is 4.59. The summed E-state index contributed by atoms with van der Waals surface area (Å²) >= 11 is 1.59. The SMILES string of the molecule is Cc1ccc(Sc2ncnn2C)c(CN)c1. The summed E-state index contributed by atoms with van der Waals surface area (Å²) in [5.74, 6) is 0. The first-order chi connectivity index (χ1) is 7.70. The molecule has 0 unspecified atom stereocenters. The molecule has 0 saturated heterocycles. The minimum atomic E-state index is 0.544. The number of hydrogen-bond donors (Lipinski definition) is 1. The van der Waals surface area contributed by atoms with Gasteiger partial charge in [-0.2, -0.15) is 5.10 Å². The normalized spacial score (nSPS) is 10.7. The van der Waals surface area contributed by atoms with E-state index in [1.165, 1.54) is 5.56 Å². The number of hydrogen-bond acceptors (Lipinski definition) is 4. The lowest BCUT2D eigenvalue weighted by molar-refractivity contribution is 0.685. The molecule has 0 aliphatic rings. The molecule has 84 valence electrons. The zero-order valence-corrected chi connectivity index (χ0v) is 10.2. The van der Waals surface area contributed by atoms with Gasteiger partial charge < -0.3 is 5.73 Å². The van der Waals surface area contributed by atoms with Crippen LogP contribution in [0.3, 0.4) is 0 Å². The first-order valence-electron chi connectivity index (χ1n) is 5.02. The van der Waals surface area contributed by atoms with E-state index in [-0.39, 0.29) is 0 Å². The molecule has 0 amide bonds. The van der Waals surface area contributed by atoms with Crippen molar-refractivity contribution in [1.29, 1.82) is 0 Å². The number of benzene rings is 1. The highest BCUT2D eigenvalue weighted by molar-refractivity contribution is 7.99. The Labute approximate surface area is 98.9 Å². The van der Waals surface area contributed by atoms with Crippen LogP contribution in [0.15, 0.2) is 34.6 Å². The van der Waals surface area contributed by atoms with E-state index in [0.717, 1.165) is 15.6 Å². The van der Waals surface area contributed by atoms with Gasteiger partial charge in [0.25, 0.3) is 0 Å². The first kappa shape index (κ1) is 11.2. The van der Waals surface area contributed by atoms with Crippen molar-refractivity contribution >= 4 is 11.8 Å². The Hall–Kier alpha value is -1.33. The fraction of sp³-hybridized carbons (Fsp3) is 0.273. The highest BCUT2D eigenvalue weighted by atomic mass is 32.2. The molecule has 2 rings (SSSR count). The topological polar surface area (TPSA) is 56.7 Å². The summed E-state index contributed by atoms with van der Waals surface area (Å²) in [6.07, 6.45) is 1.55. The van der Waals surface area contributed by atoms with Gasteiger partial charge in [0.1, 0.15) is 6.33 Å². The predicted molar refractivity (Wildman–Crippen MR) is 64.2 cm³/mol. The number of nitrogens with zero attached hydrogens (tertiary/aromatic N) is 3. The molecule has 2 N–H and O–H groups in total. The smallest absolute Gasteiger partial charge is 0.190 e. The molecule has 16 heavy (non-hydrogen) atoms. The number of nitrogens with two attached hydrogens (primary N) is 1. The van der Waals surface area contributed by atoms with Crippen LogP contribution in [-0.4, -0.2) is 14.8 Å². The molecule has 0 saturated carbocycles. The van der Waals surface area contributed by atoms with Crippen molar-refractivity contribution in [1.82, 2.24) is 14.8 Å². The maximum atomic E-state index is 5.73. The molecule has 2 aromatic rings. The first-order valence-corrected chi connectivity index (χ1v) is 5.84. The molecule has 0 fully saturated rings. The van der Waals surface area contributed by atoms with Crippen molar-refractivity contribution in [2.75, 3.05) is 0 Å². The van der Waals surface area contributed by atoms with Gasteiger partial charge >= 0.3 is 0 Å². The van der Waals surface area contributed by atoms with Crippen LogP contribution in [0.4, 0.5) is 0 Å². The van der Waals surface area contributed by atoms with Gasteiger partial charge in [-0.15, -0.1) is 0 Å². The molecule has 0 aliphatic heterocycles. The summed E-state index contributed by atoms with van der Waals surface area (Å²) in [5.41, 5.74) is 8.10. The Morgan fingerprint density at radius 3 is 2.88 bits per heavy atom. The van der Waals surface area contributed by atoms with E-state index in [1.807, 2.05) is 7.05 Å². The van der Waals surface area contributed by atoms with Crippen molar-refractivity contribution in [3.63, 3.8) is 0 Å². The molecule has 0 bridgehead atoms. The van der Waals surface area contributed by atoms with E-state index in [0.29, 0.717) is 6.54 Å². The van der Waals surface area contributed by atoms with Crippen LogP contribution in [-0.2, 0) is 13.6 Å². The maximum Gasteiger partial charge on any atom is 0.190 e. The largest absolute Gasteiger partial charge is 0.326 e. The number of aryl methyl sites for hydroxylation is 2. The Balaban J connectivity index is 2.31. The molecule has 0 atom stereocenters. The predicted octanol–water partition coefficient (Wildman–Crippen LogP) is 1.73. The van der Waals surface area contributed by atoms with Crippen molar-refractivity contribution in [3.8, 4) is 0 Å². The minimum Gasteiger partial charge on any atom is -0.326 e. The third-order valence-corrected chi connectivity index (χ3v) is 3.48. The lowest BCUT2D eigenvalue weighted by Crippen LogP contribution is -2.00. The van der Waals surface area contributed by atoms with Gasteiger partial charge in [-0.1, -0.05) is 17.7 Å². The molecule has 1 aromatic carbocycles. The van der Waals surface area contributed by atoms with E-state index in [2.05, 4.69) is 35.2 Å². The lowest BCUT2D eigenvalue weighted by Gasteiger charge is -2.07. The zero-order valence-electron chi connectivity index (χ0n) is 9.34. The van der Waals surface area contributed by atoms with E-state index < -0.39 is 0 Å². The number of aromatic nitrogens is 3. The second kappa shape index (κ2) is 4.67. The third kappa shape index (κ3) is 2.25. The summed E-state index contributed by atoms with van der Waals surface area (Å²) in [6, 6.07) is 6.27. The highest BCUT2D eigenvalue weighted by Gasteiger charge is 2.07. The third-order valence-electron chi connectivity index (χ3n) is 2.31.